The molecule has 5 nitrogen and oxygen atoms in total. The molecule has 0 aliphatic carbocycles. The number of aliphatic hydroxyl groups excluding tert-OH is 3. The molecule has 0 fully saturated rings. The Morgan fingerprint density at radius 3 is 2.40 bits per heavy atom. The third kappa shape index (κ3) is 2.40. The van der Waals surface area contributed by atoms with Crippen LogP contribution in [0.1, 0.15) is 2.74 Å². The van der Waals surface area contributed by atoms with Gasteiger partial charge in [-0.2, -0.15) is 0 Å². The van der Waals surface area contributed by atoms with Crippen molar-refractivity contribution in [3.8, 4) is 0 Å². The van der Waals surface area contributed by atoms with Crippen LogP contribution in [0.15, 0.2) is 0 Å². The van der Waals surface area contributed by atoms with Crippen LogP contribution in [-0.2, 0) is 4.79 Å². The predicted octanol–water partition coefficient (Wildman–Crippen LogP) is -2.74. The standard InChI is InChI=1S/C5H10O5/c6-1-3(8)5(10)4(9)2-7/h1,3-5,7-10H,2H2/t3-,4-,5+/m1/s1/i1D,3D. The lowest BCUT2D eigenvalue weighted by Crippen LogP contribution is -2.40. The third-order valence-electron chi connectivity index (χ3n) is 0.936. The lowest BCUT2D eigenvalue weighted by Gasteiger charge is -2.16. The molecule has 0 rings (SSSR count). The molecule has 0 unspecified atom stereocenters. The van der Waals surface area contributed by atoms with Gasteiger partial charge < -0.3 is 25.2 Å². The molecule has 4 N–H and O–H groups in total. The summed E-state index contributed by atoms with van der Waals surface area (Å²) >= 11 is 0. The minimum absolute atomic E-state index is 0.907. The first-order valence-electron chi connectivity index (χ1n) is 3.54. The van der Waals surface area contributed by atoms with Gasteiger partial charge in [0.05, 0.1) is 7.98 Å². The average Bonchev–Trinajstić information content (AvgIpc) is 2.01. The van der Waals surface area contributed by atoms with Crippen molar-refractivity contribution in [3.05, 3.63) is 0 Å². The summed E-state index contributed by atoms with van der Waals surface area (Å²) in [6.45, 7) is -0.907. The van der Waals surface area contributed by atoms with Gasteiger partial charge in [0.15, 0.2) is 6.26 Å². The second-order valence-electron chi connectivity index (χ2n) is 1.68. The van der Waals surface area contributed by atoms with E-state index in [4.69, 9.17) is 23.2 Å². The predicted molar refractivity (Wildman–Crippen MR) is 31.2 cm³/mol. The Kier molecular flexibility index (Phi) is 2.71. The molecule has 0 aromatic carbocycles. The van der Waals surface area contributed by atoms with Gasteiger partial charge >= 0.3 is 0 Å². The van der Waals surface area contributed by atoms with E-state index in [0.717, 1.165) is 0 Å². The molecule has 0 aliphatic heterocycles. The van der Waals surface area contributed by atoms with Gasteiger partial charge in [0.1, 0.15) is 19.7 Å². The van der Waals surface area contributed by atoms with Gasteiger partial charge in [-0.25, -0.2) is 0 Å². The Morgan fingerprint density at radius 1 is 1.60 bits per heavy atom. The maximum absolute atomic E-state index is 10.2. The van der Waals surface area contributed by atoms with Crippen molar-refractivity contribution in [2.75, 3.05) is 6.61 Å². The molecule has 0 radical (unpaired) electrons. The highest BCUT2D eigenvalue weighted by molar-refractivity contribution is 5.56. The number of aliphatic hydroxyl groups is 4. The minimum Gasteiger partial charge on any atom is -0.394 e. The molecule has 0 aromatic heterocycles. The van der Waals surface area contributed by atoms with Crippen LogP contribution >= 0.6 is 0 Å². The van der Waals surface area contributed by atoms with E-state index >= 15 is 0 Å². The van der Waals surface area contributed by atoms with E-state index in [9.17, 15) is 4.79 Å². The van der Waals surface area contributed by atoms with Gasteiger partial charge in [-0.05, 0) is 0 Å². The smallest absolute Gasteiger partial charge is 0.151 e. The fourth-order valence-corrected chi connectivity index (χ4v) is 0.342. The molecule has 3 atom stereocenters. The maximum Gasteiger partial charge on any atom is 0.151 e. The Labute approximate surface area is 60.3 Å². The van der Waals surface area contributed by atoms with Crippen molar-refractivity contribution in [3.63, 3.8) is 0 Å². The maximum atomic E-state index is 10.2. The van der Waals surface area contributed by atoms with Crippen LogP contribution in [0.25, 0.3) is 0 Å². The Balaban J connectivity index is 4.44. The second kappa shape index (κ2) is 4.35. The quantitative estimate of drug-likeness (QED) is 0.328. The molecule has 0 spiro atoms. The summed E-state index contributed by atoms with van der Waals surface area (Å²) < 4.78 is 13.1. The van der Waals surface area contributed by atoms with Crippen molar-refractivity contribution >= 4 is 6.26 Å². The fraction of sp³-hybridized carbons (Fsp3) is 0.800. The zero-order chi connectivity index (χ0) is 9.94. The molecule has 0 saturated carbocycles. The highest BCUT2D eigenvalue weighted by Crippen LogP contribution is 1.96. The van der Waals surface area contributed by atoms with Crippen molar-refractivity contribution < 1.29 is 28.0 Å². The zero-order valence-corrected chi connectivity index (χ0v) is 5.06. The van der Waals surface area contributed by atoms with Crippen molar-refractivity contribution in [1.82, 2.24) is 0 Å². The van der Waals surface area contributed by atoms with Gasteiger partial charge in [-0.3, -0.25) is 0 Å². The first-order valence-corrected chi connectivity index (χ1v) is 2.54. The first kappa shape index (κ1) is 6.23. The normalized spacial score (nSPS) is 25.6. The van der Waals surface area contributed by atoms with E-state index < -0.39 is 31.2 Å². The van der Waals surface area contributed by atoms with Crippen LogP contribution in [0.4, 0.5) is 0 Å². The van der Waals surface area contributed by atoms with Crippen LogP contribution in [0, 0.1) is 0 Å². The SMILES string of the molecule is [2H]C(=O)[C@@]([2H])(O)[C@H](O)[C@H](O)CO. The molecule has 0 heterocycles. The third-order valence-corrected chi connectivity index (χ3v) is 0.936. The molecule has 0 saturated heterocycles. The van der Waals surface area contributed by atoms with E-state index in [-0.39, 0.29) is 0 Å². The summed E-state index contributed by atoms with van der Waals surface area (Å²) in [6.07, 6.45) is -8.85. The average molecular weight is 152 g/mol. The molecule has 0 aliphatic rings. The first-order chi connectivity index (χ1) is 5.34. The summed E-state index contributed by atoms with van der Waals surface area (Å²) in [5.41, 5.74) is 0. The van der Waals surface area contributed by atoms with Gasteiger partial charge in [0.25, 0.3) is 0 Å². The minimum atomic E-state index is -3.10. The van der Waals surface area contributed by atoms with E-state index in [0.29, 0.717) is 0 Å². The van der Waals surface area contributed by atoms with Gasteiger partial charge in [0.2, 0.25) is 0 Å². The van der Waals surface area contributed by atoms with E-state index in [1.165, 1.54) is 0 Å². The molecule has 10 heavy (non-hydrogen) atoms. The van der Waals surface area contributed by atoms with Crippen LogP contribution in [0.3, 0.4) is 0 Å². The highest BCUT2D eigenvalue weighted by Gasteiger charge is 2.22. The second-order valence-corrected chi connectivity index (χ2v) is 1.68. The largest absolute Gasteiger partial charge is 0.394 e. The van der Waals surface area contributed by atoms with E-state index in [1.807, 2.05) is 0 Å². The van der Waals surface area contributed by atoms with Crippen LogP contribution < -0.4 is 0 Å². The number of rotatable bonds is 4. The van der Waals surface area contributed by atoms with E-state index in [1.54, 1.807) is 0 Å². The van der Waals surface area contributed by atoms with Crippen molar-refractivity contribution in [1.29, 1.82) is 0 Å². The van der Waals surface area contributed by atoms with Crippen molar-refractivity contribution in [2.24, 2.45) is 0 Å². The molecule has 0 bridgehead atoms. The van der Waals surface area contributed by atoms with Gasteiger partial charge in [0, 0.05) is 0 Å². The number of hydrogen-bond donors (Lipinski definition) is 4. The summed E-state index contributed by atoms with van der Waals surface area (Å²) in [5.74, 6) is 0. The Bertz CT molecular complexity index is 171. The summed E-state index contributed by atoms with van der Waals surface area (Å²) in [5, 5.41) is 34.6. The summed E-state index contributed by atoms with van der Waals surface area (Å²) in [4.78, 5) is 10.2. The lowest BCUT2D eigenvalue weighted by atomic mass is 10.1. The van der Waals surface area contributed by atoms with E-state index in [2.05, 4.69) is 0 Å². The highest BCUT2D eigenvalue weighted by atomic mass is 16.4. The summed E-state index contributed by atoms with van der Waals surface area (Å²) in [7, 11) is 0. The summed E-state index contributed by atoms with van der Waals surface area (Å²) in [6, 6.07) is 0. The van der Waals surface area contributed by atoms with Crippen LogP contribution in [0.2, 0.25) is 0 Å². The number of hydrogen-bond acceptors (Lipinski definition) is 5. The lowest BCUT2D eigenvalue weighted by molar-refractivity contribution is -0.127. The van der Waals surface area contributed by atoms with Gasteiger partial charge in [-0.15, -0.1) is 0 Å². The van der Waals surface area contributed by atoms with Crippen LogP contribution in [-0.4, -0.2) is 51.6 Å². The number of aldehydes is 1. The molecular weight excluding hydrogens is 140 g/mol. The van der Waals surface area contributed by atoms with Crippen molar-refractivity contribution in [2.45, 2.75) is 18.3 Å². The molecule has 60 valence electrons. The Morgan fingerprint density at radius 2 is 2.10 bits per heavy atom. The topological polar surface area (TPSA) is 98.0 Å². The Hall–Kier alpha value is -0.490. The number of carbonyl (C=O) groups is 1. The molecule has 0 amide bonds. The molecule has 0 aromatic rings. The molecular formula is C5H10O5. The monoisotopic (exact) mass is 152 g/mol. The fourth-order valence-electron chi connectivity index (χ4n) is 0.342. The molecule has 5 heteroatoms. The van der Waals surface area contributed by atoms with Crippen LogP contribution in [0.5, 0.6) is 0 Å². The van der Waals surface area contributed by atoms with Gasteiger partial charge in [-0.1, -0.05) is 0 Å². The zero-order valence-electron chi connectivity index (χ0n) is 7.06. The number of carbonyl (C=O) groups excluding carboxylic acids is 1.